The maximum absolute atomic E-state index is 6.83. The number of hydrogen-bond acceptors (Lipinski definition) is 1. The highest BCUT2D eigenvalue weighted by atomic mass is 79.9. The van der Waals surface area contributed by atoms with Crippen molar-refractivity contribution >= 4 is 40.2 Å². The molecule has 1 aromatic carbocycles. The third-order valence-electron chi connectivity index (χ3n) is 4.67. The van der Waals surface area contributed by atoms with Gasteiger partial charge in [-0.05, 0) is 79.5 Å². The SMILES string of the molecule is Cc1cc(Br)c(O[Si](C(C)C)(C(C)C)C(C)C)c(Br)c1C. The molecule has 0 aliphatic heterocycles. The van der Waals surface area contributed by atoms with E-state index in [1.54, 1.807) is 0 Å². The second-order valence-electron chi connectivity index (χ2n) is 6.86. The van der Waals surface area contributed by atoms with Crippen LogP contribution in [0.25, 0.3) is 0 Å². The topological polar surface area (TPSA) is 9.23 Å². The van der Waals surface area contributed by atoms with Gasteiger partial charge in [0.05, 0.1) is 8.95 Å². The first-order chi connectivity index (χ1) is 9.55. The number of rotatable bonds is 5. The van der Waals surface area contributed by atoms with E-state index in [1.807, 2.05) is 0 Å². The van der Waals surface area contributed by atoms with Crippen molar-refractivity contribution in [1.82, 2.24) is 0 Å². The van der Waals surface area contributed by atoms with Crippen molar-refractivity contribution in [1.29, 1.82) is 0 Å². The average molecular weight is 436 g/mol. The molecule has 0 heterocycles. The zero-order chi connectivity index (χ0) is 16.5. The van der Waals surface area contributed by atoms with E-state index in [2.05, 4.69) is 93.3 Å². The van der Waals surface area contributed by atoms with E-state index in [1.165, 1.54) is 11.1 Å². The van der Waals surface area contributed by atoms with Gasteiger partial charge >= 0.3 is 0 Å². The van der Waals surface area contributed by atoms with Crippen molar-refractivity contribution in [2.24, 2.45) is 0 Å². The van der Waals surface area contributed by atoms with Crippen LogP contribution in [0.15, 0.2) is 15.0 Å². The maximum atomic E-state index is 6.83. The standard InChI is InChI=1S/C17H28Br2OSi/c1-10(2)21(11(3)4,12(5)6)20-17-15(18)9-13(7)14(8)16(17)19/h9-12H,1-8H3. The predicted molar refractivity (Wildman–Crippen MR) is 103 cm³/mol. The van der Waals surface area contributed by atoms with Gasteiger partial charge in [-0.25, -0.2) is 0 Å². The molecule has 0 saturated carbocycles. The minimum Gasteiger partial charge on any atom is -0.541 e. The van der Waals surface area contributed by atoms with Crippen LogP contribution in [0, 0.1) is 13.8 Å². The third-order valence-corrected chi connectivity index (χ3v) is 12.2. The van der Waals surface area contributed by atoms with Gasteiger partial charge in [0, 0.05) is 0 Å². The van der Waals surface area contributed by atoms with Gasteiger partial charge < -0.3 is 4.43 Å². The zero-order valence-corrected chi connectivity index (χ0v) is 18.6. The molecule has 0 saturated heterocycles. The molecule has 0 radical (unpaired) electrons. The van der Waals surface area contributed by atoms with Crippen LogP contribution in [0.1, 0.15) is 52.7 Å². The zero-order valence-electron chi connectivity index (χ0n) is 14.5. The van der Waals surface area contributed by atoms with Crippen LogP contribution >= 0.6 is 31.9 Å². The lowest BCUT2D eigenvalue weighted by Gasteiger charge is -2.42. The van der Waals surface area contributed by atoms with Gasteiger partial charge in [-0.2, -0.15) is 0 Å². The van der Waals surface area contributed by atoms with Crippen LogP contribution in [0.2, 0.25) is 16.6 Å². The predicted octanol–water partition coefficient (Wildman–Crippen LogP) is 7.38. The summed E-state index contributed by atoms with van der Waals surface area (Å²) in [5.74, 6) is 0.987. The maximum Gasteiger partial charge on any atom is 0.258 e. The normalized spacial score (nSPS) is 12.6. The molecular weight excluding hydrogens is 408 g/mol. The molecule has 1 nitrogen and oxygen atoms in total. The summed E-state index contributed by atoms with van der Waals surface area (Å²) < 4.78 is 8.97. The second-order valence-corrected chi connectivity index (χ2v) is 13.9. The highest BCUT2D eigenvalue weighted by Gasteiger charge is 2.47. The lowest BCUT2D eigenvalue weighted by molar-refractivity contribution is 0.474. The molecule has 0 unspecified atom stereocenters. The fourth-order valence-electron chi connectivity index (χ4n) is 3.44. The van der Waals surface area contributed by atoms with Crippen molar-refractivity contribution in [2.45, 2.75) is 72.0 Å². The van der Waals surface area contributed by atoms with Crippen LogP contribution in [0.4, 0.5) is 0 Å². The summed E-state index contributed by atoms with van der Waals surface area (Å²) >= 11 is 7.45. The molecule has 0 atom stereocenters. The van der Waals surface area contributed by atoms with E-state index in [4.69, 9.17) is 4.43 Å². The fourth-order valence-corrected chi connectivity index (χ4v) is 10.5. The summed E-state index contributed by atoms with van der Waals surface area (Å²) in [5, 5.41) is 0. The molecular formula is C17H28Br2OSi. The summed E-state index contributed by atoms with van der Waals surface area (Å²) in [6.45, 7) is 18.2. The summed E-state index contributed by atoms with van der Waals surface area (Å²) in [5.41, 5.74) is 4.23. The van der Waals surface area contributed by atoms with Crippen molar-refractivity contribution in [3.05, 3.63) is 26.1 Å². The largest absolute Gasteiger partial charge is 0.541 e. The first-order valence-electron chi connectivity index (χ1n) is 7.69. The van der Waals surface area contributed by atoms with E-state index in [0.717, 1.165) is 14.7 Å². The van der Waals surface area contributed by atoms with Crippen LogP contribution < -0.4 is 4.43 Å². The smallest absolute Gasteiger partial charge is 0.258 e. The molecule has 0 bridgehead atoms. The molecule has 0 aliphatic carbocycles. The Morgan fingerprint density at radius 3 is 1.71 bits per heavy atom. The van der Waals surface area contributed by atoms with Crippen molar-refractivity contribution in [2.75, 3.05) is 0 Å². The summed E-state index contributed by atoms with van der Waals surface area (Å²) in [4.78, 5) is 0. The Morgan fingerprint density at radius 1 is 0.905 bits per heavy atom. The molecule has 4 heteroatoms. The molecule has 0 spiro atoms. The lowest BCUT2D eigenvalue weighted by atomic mass is 10.1. The summed E-state index contributed by atoms with van der Waals surface area (Å²) in [6.07, 6.45) is 0. The molecule has 0 aliphatic rings. The Kier molecular flexibility index (Phi) is 6.58. The van der Waals surface area contributed by atoms with Gasteiger partial charge in [0.2, 0.25) is 0 Å². The number of hydrogen-bond donors (Lipinski definition) is 0. The van der Waals surface area contributed by atoms with Gasteiger partial charge in [-0.3, -0.25) is 0 Å². The van der Waals surface area contributed by atoms with Crippen LogP contribution in [-0.4, -0.2) is 8.32 Å². The number of halogens is 2. The second kappa shape index (κ2) is 7.18. The quantitative estimate of drug-likeness (QED) is 0.438. The average Bonchev–Trinajstić information content (AvgIpc) is 2.35. The number of aryl methyl sites for hydroxylation is 1. The van der Waals surface area contributed by atoms with Gasteiger partial charge in [0.25, 0.3) is 8.32 Å². The Morgan fingerprint density at radius 2 is 1.33 bits per heavy atom. The molecule has 0 aromatic heterocycles. The molecule has 0 N–H and O–H groups in total. The van der Waals surface area contributed by atoms with Crippen molar-refractivity contribution < 1.29 is 4.43 Å². The lowest BCUT2D eigenvalue weighted by Crippen LogP contribution is -2.50. The van der Waals surface area contributed by atoms with E-state index in [9.17, 15) is 0 Å². The summed E-state index contributed by atoms with van der Waals surface area (Å²) in [7, 11) is -1.93. The molecule has 120 valence electrons. The van der Waals surface area contributed by atoms with Crippen LogP contribution in [-0.2, 0) is 0 Å². The van der Waals surface area contributed by atoms with Gasteiger partial charge in [0.15, 0.2) is 0 Å². The first-order valence-corrected chi connectivity index (χ1v) is 11.4. The highest BCUT2D eigenvalue weighted by molar-refractivity contribution is 9.11. The highest BCUT2D eigenvalue weighted by Crippen LogP contribution is 2.47. The van der Waals surface area contributed by atoms with Gasteiger partial charge in [-0.1, -0.05) is 41.5 Å². The van der Waals surface area contributed by atoms with E-state index < -0.39 is 8.32 Å². The van der Waals surface area contributed by atoms with E-state index in [0.29, 0.717) is 16.6 Å². The Labute approximate surface area is 148 Å². The monoisotopic (exact) mass is 434 g/mol. The fraction of sp³-hybridized carbons (Fsp3) is 0.647. The minimum absolute atomic E-state index is 0.568. The van der Waals surface area contributed by atoms with Gasteiger partial charge in [-0.15, -0.1) is 0 Å². The van der Waals surface area contributed by atoms with E-state index in [-0.39, 0.29) is 0 Å². The molecule has 21 heavy (non-hydrogen) atoms. The summed E-state index contributed by atoms with van der Waals surface area (Å²) in [6, 6.07) is 2.16. The van der Waals surface area contributed by atoms with Crippen molar-refractivity contribution in [3.8, 4) is 5.75 Å². The first kappa shape index (κ1) is 19.2. The van der Waals surface area contributed by atoms with Crippen molar-refractivity contribution in [3.63, 3.8) is 0 Å². The molecule has 0 amide bonds. The Bertz CT molecular complexity index is 488. The van der Waals surface area contributed by atoms with E-state index >= 15 is 0 Å². The van der Waals surface area contributed by atoms with Crippen LogP contribution in [0.3, 0.4) is 0 Å². The Balaban J connectivity index is 3.45. The third kappa shape index (κ3) is 3.58. The van der Waals surface area contributed by atoms with Gasteiger partial charge in [0.1, 0.15) is 5.75 Å². The molecule has 1 rings (SSSR count). The van der Waals surface area contributed by atoms with Crippen LogP contribution in [0.5, 0.6) is 5.75 Å². The molecule has 0 fully saturated rings. The Hall–Kier alpha value is 0.197. The minimum atomic E-state index is -1.93. The molecule has 1 aromatic rings. The number of benzene rings is 1.